The minimum Gasteiger partial charge on any atom is -0.497 e. The minimum absolute atomic E-state index is 0.217. The van der Waals surface area contributed by atoms with Gasteiger partial charge >= 0.3 is 5.97 Å². The quantitative estimate of drug-likeness (QED) is 0.163. The van der Waals surface area contributed by atoms with E-state index in [1.807, 2.05) is 0 Å². The van der Waals surface area contributed by atoms with Crippen molar-refractivity contribution in [3.63, 3.8) is 0 Å². The van der Waals surface area contributed by atoms with Crippen LogP contribution in [0.2, 0.25) is 0 Å². The standard InChI is InChI=1S/C34H38FN3O8S/c1-33(2,3)29(32(43)44)37-27(40)17-36-28(41)18-46-25-15-9-22(10-16-25)34(21-7-11-23(35)12-8-21)30(31(42)38-34)47-19-26(39)20-5-13-24(45-4)14-6-20/h5-16,26,29-30,39H,17-19H2,1-4H3,(H,36,41)(H,37,40)(H,38,42)(H,43,44)/t26?,29-,30-,34-/m0/s1. The summed E-state index contributed by atoms with van der Waals surface area (Å²) in [7, 11) is 1.55. The van der Waals surface area contributed by atoms with Crippen molar-refractivity contribution in [3.8, 4) is 11.5 Å². The fraction of sp³-hybridized carbons (Fsp3) is 0.353. The van der Waals surface area contributed by atoms with E-state index in [4.69, 9.17) is 9.47 Å². The van der Waals surface area contributed by atoms with Crippen LogP contribution in [0.3, 0.4) is 0 Å². The smallest absolute Gasteiger partial charge is 0.326 e. The van der Waals surface area contributed by atoms with Crippen LogP contribution >= 0.6 is 11.8 Å². The Bertz CT molecular complexity index is 1580. The summed E-state index contributed by atoms with van der Waals surface area (Å²) in [4.78, 5) is 49.0. The molecule has 0 spiro atoms. The van der Waals surface area contributed by atoms with E-state index in [0.29, 0.717) is 28.2 Å². The average Bonchev–Trinajstić information content (AvgIpc) is 3.04. The van der Waals surface area contributed by atoms with Gasteiger partial charge in [0.05, 0.1) is 19.8 Å². The second-order valence-electron chi connectivity index (χ2n) is 12.1. The number of thioether (sulfide) groups is 1. The number of rotatable bonds is 14. The van der Waals surface area contributed by atoms with E-state index < -0.39 is 65.1 Å². The van der Waals surface area contributed by atoms with Gasteiger partial charge in [0, 0.05) is 5.75 Å². The van der Waals surface area contributed by atoms with Gasteiger partial charge in [-0.15, -0.1) is 11.8 Å². The van der Waals surface area contributed by atoms with Crippen LogP contribution in [0.4, 0.5) is 4.39 Å². The van der Waals surface area contributed by atoms with Crippen molar-refractivity contribution in [2.75, 3.05) is 26.0 Å². The molecule has 11 nitrogen and oxygen atoms in total. The number of amides is 3. The Labute approximate surface area is 276 Å². The molecule has 1 aliphatic heterocycles. The monoisotopic (exact) mass is 667 g/mol. The number of aliphatic hydroxyl groups excluding tert-OH is 1. The molecule has 4 atom stereocenters. The van der Waals surface area contributed by atoms with E-state index in [-0.39, 0.29) is 11.7 Å². The van der Waals surface area contributed by atoms with Crippen LogP contribution < -0.4 is 25.4 Å². The number of methoxy groups -OCH3 is 1. The van der Waals surface area contributed by atoms with Crippen molar-refractivity contribution in [2.24, 2.45) is 5.41 Å². The molecule has 3 aromatic carbocycles. The van der Waals surface area contributed by atoms with Crippen molar-refractivity contribution < 1.29 is 43.3 Å². The molecule has 47 heavy (non-hydrogen) atoms. The van der Waals surface area contributed by atoms with Crippen LogP contribution in [0.25, 0.3) is 0 Å². The summed E-state index contributed by atoms with van der Waals surface area (Å²) < 4.78 is 24.6. The van der Waals surface area contributed by atoms with Gasteiger partial charge in [0.2, 0.25) is 11.8 Å². The van der Waals surface area contributed by atoms with Crippen molar-refractivity contribution in [1.82, 2.24) is 16.0 Å². The molecule has 250 valence electrons. The topological polar surface area (TPSA) is 163 Å². The van der Waals surface area contributed by atoms with Gasteiger partial charge in [-0.25, -0.2) is 9.18 Å². The number of carbonyl (C=O) groups excluding carboxylic acids is 3. The first-order valence-corrected chi connectivity index (χ1v) is 15.8. The number of benzene rings is 3. The zero-order valence-electron chi connectivity index (χ0n) is 26.4. The third-order valence-electron chi connectivity index (χ3n) is 7.72. The summed E-state index contributed by atoms with van der Waals surface area (Å²) in [6.07, 6.45) is -0.852. The van der Waals surface area contributed by atoms with Gasteiger partial charge in [0.1, 0.15) is 34.1 Å². The second-order valence-corrected chi connectivity index (χ2v) is 13.2. The van der Waals surface area contributed by atoms with Crippen molar-refractivity contribution in [3.05, 3.63) is 95.3 Å². The third-order valence-corrected chi connectivity index (χ3v) is 9.13. The molecule has 1 heterocycles. The van der Waals surface area contributed by atoms with E-state index in [0.717, 1.165) is 0 Å². The van der Waals surface area contributed by atoms with Crippen molar-refractivity contribution in [1.29, 1.82) is 0 Å². The molecule has 3 amide bonds. The Morgan fingerprint density at radius 3 is 2.06 bits per heavy atom. The number of aliphatic carboxylic acids is 1. The number of hydrogen-bond acceptors (Lipinski definition) is 8. The summed E-state index contributed by atoms with van der Waals surface area (Å²) in [5, 5.41) is 27.4. The first-order chi connectivity index (χ1) is 22.2. The minimum atomic E-state index is -1.18. The Balaban J connectivity index is 1.41. The van der Waals surface area contributed by atoms with E-state index in [9.17, 15) is 33.8 Å². The van der Waals surface area contributed by atoms with Crippen LogP contribution in [-0.2, 0) is 24.7 Å². The molecule has 13 heteroatoms. The Morgan fingerprint density at radius 2 is 1.53 bits per heavy atom. The lowest BCUT2D eigenvalue weighted by Gasteiger charge is -2.50. The maximum absolute atomic E-state index is 13.9. The van der Waals surface area contributed by atoms with Gasteiger partial charge in [0.25, 0.3) is 5.91 Å². The fourth-order valence-electron chi connectivity index (χ4n) is 5.13. The largest absolute Gasteiger partial charge is 0.497 e. The molecule has 0 radical (unpaired) electrons. The van der Waals surface area contributed by atoms with Gasteiger partial charge < -0.3 is 35.6 Å². The Morgan fingerprint density at radius 1 is 0.957 bits per heavy atom. The van der Waals surface area contributed by atoms with Crippen LogP contribution in [0, 0.1) is 11.2 Å². The first kappa shape index (κ1) is 35.2. The fourth-order valence-corrected chi connectivity index (χ4v) is 6.49. The summed E-state index contributed by atoms with van der Waals surface area (Å²) >= 11 is 1.28. The van der Waals surface area contributed by atoms with Crippen molar-refractivity contribution in [2.45, 2.75) is 43.7 Å². The predicted molar refractivity (Wildman–Crippen MR) is 173 cm³/mol. The normalized spacial score (nSPS) is 18.6. The number of ether oxygens (including phenoxy) is 2. The highest BCUT2D eigenvalue weighted by molar-refractivity contribution is 8.00. The lowest BCUT2D eigenvalue weighted by atomic mass is 9.74. The van der Waals surface area contributed by atoms with Gasteiger partial charge in [-0.2, -0.15) is 0 Å². The molecule has 4 rings (SSSR count). The molecule has 5 N–H and O–H groups in total. The molecular formula is C34H38FN3O8S. The van der Waals surface area contributed by atoms with Crippen LogP contribution in [0.15, 0.2) is 72.8 Å². The highest BCUT2D eigenvalue weighted by atomic mass is 32.2. The van der Waals surface area contributed by atoms with Crippen LogP contribution in [-0.4, -0.2) is 71.2 Å². The molecule has 1 fully saturated rings. The molecule has 3 aromatic rings. The number of β-lactam (4-membered cyclic amide) rings is 1. The number of aliphatic hydroxyl groups is 1. The van der Waals surface area contributed by atoms with Gasteiger partial charge in [0.15, 0.2) is 6.61 Å². The number of carbonyl (C=O) groups is 4. The van der Waals surface area contributed by atoms with Gasteiger partial charge in [-0.05, 0) is 58.5 Å². The Hall–Kier alpha value is -4.62. The highest BCUT2D eigenvalue weighted by Crippen LogP contribution is 2.46. The SMILES string of the molecule is COc1ccc(C(O)CS[C@H]2C(=O)N[C@@]2(c2ccc(F)cc2)c2ccc(OCC(=O)NCC(=O)N[C@@H](C(=O)O)C(C)(C)C)cc2)cc1. The van der Waals surface area contributed by atoms with Gasteiger partial charge in [-0.1, -0.05) is 57.2 Å². The van der Waals surface area contributed by atoms with Crippen molar-refractivity contribution >= 4 is 35.5 Å². The molecule has 1 saturated heterocycles. The highest BCUT2D eigenvalue weighted by Gasteiger charge is 2.56. The number of hydrogen-bond donors (Lipinski definition) is 5. The van der Waals surface area contributed by atoms with E-state index in [2.05, 4.69) is 16.0 Å². The molecule has 0 saturated carbocycles. The molecular weight excluding hydrogens is 629 g/mol. The lowest BCUT2D eigenvalue weighted by Crippen LogP contribution is -2.69. The summed E-state index contributed by atoms with van der Waals surface area (Å²) in [6, 6.07) is 18.4. The van der Waals surface area contributed by atoms with E-state index in [1.54, 1.807) is 88.5 Å². The molecule has 1 aliphatic rings. The predicted octanol–water partition coefficient (Wildman–Crippen LogP) is 3.15. The van der Waals surface area contributed by atoms with Gasteiger partial charge in [-0.3, -0.25) is 14.4 Å². The first-order valence-electron chi connectivity index (χ1n) is 14.8. The summed E-state index contributed by atoms with van der Waals surface area (Å²) in [6.45, 7) is 4.20. The molecule has 0 bridgehead atoms. The maximum Gasteiger partial charge on any atom is 0.326 e. The number of halogens is 1. The van der Waals surface area contributed by atoms with Crippen LogP contribution in [0.5, 0.6) is 11.5 Å². The maximum atomic E-state index is 13.9. The van der Waals surface area contributed by atoms with E-state index in [1.165, 1.54) is 23.9 Å². The van der Waals surface area contributed by atoms with E-state index >= 15 is 0 Å². The number of carboxylic acids is 1. The number of nitrogens with one attached hydrogen (secondary N) is 3. The zero-order valence-corrected chi connectivity index (χ0v) is 27.2. The third kappa shape index (κ3) is 8.40. The molecule has 1 unspecified atom stereocenters. The summed E-state index contributed by atoms with van der Waals surface area (Å²) in [5.41, 5.74) is 0.249. The Kier molecular flexibility index (Phi) is 11.1. The lowest BCUT2D eigenvalue weighted by molar-refractivity contribution is -0.144. The second kappa shape index (κ2) is 14.9. The number of carboxylic acid groups (broad SMARTS) is 1. The molecule has 0 aromatic heterocycles. The zero-order chi connectivity index (χ0) is 34.4. The average molecular weight is 668 g/mol. The summed E-state index contributed by atoms with van der Waals surface area (Å²) in [5.74, 6) is -1.87. The van der Waals surface area contributed by atoms with Crippen LogP contribution in [0.1, 0.15) is 43.6 Å². The molecule has 0 aliphatic carbocycles.